The number of hydrogen-bond donors (Lipinski definition) is 1. The summed E-state index contributed by atoms with van der Waals surface area (Å²) in [4.78, 5) is 22.4. The molecule has 5 rings (SSSR count). The van der Waals surface area contributed by atoms with E-state index in [4.69, 9.17) is 9.72 Å². The van der Waals surface area contributed by atoms with Crippen LogP contribution in [0.15, 0.2) is 55.6 Å². The van der Waals surface area contributed by atoms with Gasteiger partial charge in [0.25, 0.3) is 0 Å². The van der Waals surface area contributed by atoms with Crippen molar-refractivity contribution >= 4 is 22.6 Å². The molecule has 0 radical (unpaired) electrons. The molecule has 9 heteroatoms. The van der Waals surface area contributed by atoms with Crippen LogP contribution in [0.2, 0.25) is 0 Å². The summed E-state index contributed by atoms with van der Waals surface area (Å²) in [5.74, 6) is 0.361. The summed E-state index contributed by atoms with van der Waals surface area (Å²) < 4.78 is 9.21. The van der Waals surface area contributed by atoms with E-state index in [-0.39, 0.29) is 5.91 Å². The molecule has 0 aliphatic carbocycles. The van der Waals surface area contributed by atoms with Crippen LogP contribution in [0.5, 0.6) is 5.75 Å². The van der Waals surface area contributed by atoms with E-state index in [2.05, 4.69) is 28.7 Å². The Hall–Kier alpha value is -4.66. The summed E-state index contributed by atoms with van der Waals surface area (Å²) in [5, 5.41) is 9.82. The Kier molecular flexibility index (Phi) is 5.91. The highest BCUT2D eigenvalue weighted by molar-refractivity contribution is 6.07. The standard InChI is InChI=1S/C28H29N7O2/c1-8-24(36)34(5)22-11-18(9-10-23(22)37-7)26-25-16(2)20(21-14-31-35(6)17(21)3)13-29-28(25)32-27(26)19-12-30-33(4)15-19/h8-15H,1H2,2-7H3,(H,29,32). The van der Waals surface area contributed by atoms with E-state index < -0.39 is 0 Å². The van der Waals surface area contributed by atoms with Gasteiger partial charge in [0.15, 0.2) is 0 Å². The van der Waals surface area contributed by atoms with Gasteiger partial charge in [0.2, 0.25) is 5.91 Å². The van der Waals surface area contributed by atoms with Crippen molar-refractivity contribution in [3.8, 4) is 39.3 Å². The van der Waals surface area contributed by atoms with Gasteiger partial charge in [-0.3, -0.25) is 14.2 Å². The molecule has 0 bridgehead atoms. The molecule has 0 aliphatic rings. The number of H-pyrrole nitrogens is 1. The van der Waals surface area contributed by atoms with Crippen molar-refractivity contribution in [2.45, 2.75) is 13.8 Å². The summed E-state index contributed by atoms with van der Waals surface area (Å²) in [7, 11) is 7.12. The third kappa shape index (κ3) is 3.88. The number of hydrogen-bond acceptors (Lipinski definition) is 5. The number of aromatic nitrogens is 6. The van der Waals surface area contributed by atoms with Gasteiger partial charge in [0, 0.05) is 66.9 Å². The van der Waals surface area contributed by atoms with Crippen LogP contribution in [0, 0.1) is 13.8 Å². The number of rotatable bonds is 6. The van der Waals surface area contributed by atoms with Crippen molar-refractivity contribution in [3.63, 3.8) is 0 Å². The second-order valence-electron chi connectivity index (χ2n) is 9.05. The highest BCUT2D eigenvalue weighted by Gasteiger charge is 2.23. The lowest BCUT2D eigenvalue weighted by atomic mass is 9.94. The van der Waals surface area contributed by atoms with Crippen LogP contribution < -0.4 is 9.64 Å². The van der Waals surface area contributed by atoms with Crippen LogP contribution in [-0.4, -0.2) is 49.6 Å². The third-order valence-corrected chi connectivity index (χ3v) is 6.94. The molecule has 0 spiro atoms. The Bertz CT molecular complexity index is 1670. The number of aryl methyl sites for hydroxylation is 3. The number of nitrogens with zero attached hydrogens (tertiary/aromatic N) is 6. The van der Waals surface area contributed by atoms with Gasteiger partial charge in [-0.1, -0.05) is 12.6 Å². The first kappa shape index (κ1) is 24.1. The quantitative estimate of drug-likeness (QED) is 0.341. The molecule has 188 valence electrons. The number of benzene rings is 1. The molecular formula is C28H29N7O2. The van der Waals surface area contributed by atoms with E-state index >= 15 is 0 Å². The number of pyridine rings is 1. The molecule has 0 saturated carbocycles. The summed E-state index contributed by atoms with van der Waals surface area (Å²) in [5.41, 5.74) is 9.31. The van der Waals surface area contributed by atoms with Crippen molar-refractivity contribution in [1.29, 1.82) is 0 Å². The molecule has 4 aromatic heterocycles. The maximum absolute atomic E-state index is 12.5. The van der Waals surface area contributed by atoms with Gasteiger partial charge in [0.05, 0.1) is 30.9 Å². The van der Waals surface area contributed by atoms with Crippen LogP contribution >= 0.6 is 0 Å². The molecule has 4 heterocycles. The lowest BCUT2D eigenvalue weighted by Crippen LogP contribution is -2.24. The Balaban J connectivity index is 1.83. The van der Waals surface area contributed by atoms with Gasteiger partial charge in [-0.15, -0.1) is 0 Å². The van der Waals surface area contributed by atoms with E-state index in [1.54, 1.807) is 18.8 Å². The topological polar surface area (TPSA) is 93.9 Å². The fourth-order valence-corrected chi connectivity index (χ4v) is 4.76. The van der Waals surface area contributed by atoms with E-state index in [9.17, 15) is 4.79 Å². The largest absolute Gasteiger partial charge is 0.495 e. The molecule has 0 atom stereocenters. The molecule has 1 amide bonds. The number of carbonyl (C=O) groups excluding carboxylic acids is 1. The number of ether oxygens (including phenoxy) is 1. The number of nitrogens with one attached hydrogen (secondary N) is 1. The van der Waals surface area contributed by atoms with Crippen LogP contribution in [0.25, 0.3) is 44.5 Å². The number of methoxy groups -OCH3 is 1. The predicted octanol–water partition coefficient (Wildman–Crippen LogP) is 4.81. The van der Waals surface area contributed by atoms with E-state index in [0.717, 1.165) is 55.8 Å². The fraction of sp³-hybridized carbons (Fsp3) is 0.214. The van der Waals surface area contributed by atoms with Gasteiger partial charge >= 0.3 is 0 Å². The SMILES string of the molecule is C=CC(=O)N(C)c1cc(-c2c(-c3cnn(C)c3)[nH]c3ncc(-c4cnn(C)c4C)c(C)c23)ccc1OC. The molecule has 0 aliphatic heterocycles. The molecule has 0 saturated heterocycles. The Morgan fingerprint density at radius 3 is 2.51 bits per heavy atom. The average molecular weight is 496 g/mol. The minimum absolute atomic E-state index is 0.228. The average Bonchev–Trinajstić information content (AvgIpc) is 3.60. The molecule has 1 aromatic carbocycles. The van der Waals surface area contributed by atoms with E-state index in [1.807, 2.05) is 68.7 Å². The van der Waals surface area contributed by atoms with Gasteiger partial charge in [-0.25, -0.2) is 4.98 Å². The Morgan fingerprint density at radius 1 is 1.11 bits per heavy atom. The maximum Gasteiger partial charge on any atom is 0.250 e. The molecule has 0 unspecified atom stereocenters. The van der Waals surface area contributed by atoms with Crippen LogP contribution in [0.1, 0.15) is 11.3 Å². The van der Waals surface area contributed by atoms with E-state index in [0.29, 0.717) is 11.4 Å². The summed E-state index contributed by atoms with van der Waals surface area (Å²) in [6, 6.07) is 5.84. The number of likely N-dealkylation sites (N-methyl/N-ethyl adjacent to an activating group) is 1. The number of anilines is 1. The van der Waals surface area contributed by atoms with Crippen LogP contribution in [0.3, 0.4) is 0 Å². The predicted molar refractivity (Wildman–Crippen MR) is 146 cm³/mol. The van der Waals surface area contributed by atoms with Gasteiger partial charge in [-0.05, 0) is 43.2 Å². The zero-order valence-corrected chi connectivity index (χ0v) is 21.8. The normalized spacial score (nSPS) is 11.2. The smallest absolute Gasteiger partial charge is 0.250 e. The summed E-state index contributed by atoms with van der Waals surface area (Å²) in [6.45, 7) is 7.78. The first-order valence-electron chi connectivity index (χ1n) is 11.8. The minimum Gasteiger partial charge on any atom is -0.495 e. The first-order valence-corrected chi connectivity index (χ1v) is 11.8. The number of carbonyl (C=O) groups is 1. The number of amides is 1. The van der Waals surface area contributed by atoms with Crippen molar-refractivity contribution in [2.75, 3.05) is 19.1 Å². The molecule has 5 aromatic rings. The zero-order chi connectivity index (χ0) is 26.4. The van der Waals surface area contributed by atoms with Gasteiger partial charge in [-0.2, -0.15) is 10.2 Å². The maximum atomic E-state index is 12.5. The monoisotopic (exact) mass is 495 g/mol. The number of fused-ring (bicyclic) bond motifs is 1. The Morgan fingerprint density at radius 2 is 1.89 bits per heavy atom. The second-order valence-corrected chi connectivity index (χ2v) is 9.05. The molecule has 37 heavy (non-hydrogen) atoms. The van der Waals surface area contributed by atoms with Crippen LogP contribution in [-0.2, 0) is 18.9 Å². The lowest BCUT2D eigenvalue weighted by Gasteiger charge is -2.20. The van der Waals surface area contributed by atoms with Crippen LogP contribution in [0.4, 0.5) is 5.69 Å². The zero-order valence-electron chi connectivity index (χ0n) is 21.8. The van der Waals surface area contributed by atoms with Gasteiger partial charge in [0.1, 0.15) is 11.4 Å². The molecule has 1 N–H and O–H groups in total. The lowest BCUT2D eigenvalue weighted by molar-refractivity contribution is -0.113. The third-order valence-electron chi connectivity index (χ3n) is 6.94. The van der Waals surface area contributed by atoms with Crippen molar-refractivity contribution < 1.29 is 9.53 Å². The highest BCUT2D eigenvalue weighted by Crippen LogP contribution is 2.44. The highest BCUT2D eigenvalue weighted by atomic mass is 16.5. The summed E-state index contributed by atoms with van der Waals surface area (Å²) >= 11 is 0. The van der Waals surface area contributed by atoms with Gasteiger partial charge < -0.3 is 14.6 Å². The second kappa shape index (κ2) is 9.09. The molecule has 0 fully saturated rings. The van der Waals surface area contributed by atoms with Crippen molar-refractivity contribution in [2.24, 2.45) is 14.1 Å². The fourth-order valence-electron chi connectivity index (χ4n) is 4.76. The molecule has 9 nitrogen and oxygen atoms in total. The van der Waals surface area contributed by atoms with Crippen molar-refractivity contribution in [1.82, 2.24) is 29.5 Å². The summed E-state index contributed by atoms with van der Waals surface area (Å²) in [6.07, 6.45) is 8.85. The first-order chi connectivity index (χ1) is 17.7. The minimum atomic E-state index is -0.228. The van der Waals surface area contributed by atoms with E-state index in [1.165, 1.54) is 11.0 Å². The Labute approximate surface area is 215 Å². The van der Waals surface area contributed by atoms with Crippen molar-refractivity contribution in [3.05, 3.63) is 66.9 Å². The number of aromatic amines is 1. The molecular weight excluding hydrogens is 466 g/mol.